The summed E-state index contributed by atoms with van der Waals surface area (Å²) in [5, 5.41) is 9.31. The number of phenolic OH excluding ortho intramolecular Hbond substituents is 1. The number of phenols is 1. The standard InChI is InChI=1S/C15H10F4O3/c16-8-5-11(14-13(6-8)21-3-4-22-14)10-2-1-9(20)7-12(10)15(17,18)19/h1-2,5-7,20H,3-4H2. The predicted molar refractivity (Wildman–Crippen MR) is 69.5 cm³/mol. The second kappa shape index (κ2) is 5.08. The number of halogens is 4. The Kier molecular flexibility index (Phi) is 3.35. The van der Waals surface area contributed by atoms with Crippen molar-refractivity contribution < 1.29 is 32.1 Å². The molecule has 0 radical (unpaired) electrons. The van der Waals surface area contributed by atoms with Gasteiger partial charge in [-0.3, -0.25) is 0 Å². The van der Waals surface area contributed by atoms with Crippen molar-refractivity contribution in [2.24, 2.45) is 0 Å². The number of hydrogen-bond acceptors (Lipinski definition) is 3. The normalized spacial score (nSPS) is 14.0. The number of fused-ring (bicyclic) bond motifs is 1. The van der Waals surface area contributed by atoms with Crippen LogP contribution in [0.1, 0.15) is 5.56 Å². The molecule has 2 aromatic rings. The van der Waals surface area contributed by atoms with E-state index < -0.39 is 23.3 Å². The molecule has 7 heteroatoms. The molecule has 22 heavy (non-hydrogen) atoms. The molecule has 0 atom stereocenters. The van der Waals surface area contributed by atoms with Crippen LogP contribution in [0.5, 0.6) is 17.2 Å². The molecule has 0 unspecified atom stereocenters. The maximum atomic E-state index is 13.7. The van der Waals surface area contributed by atoms with Crippen molar-refractivity contribution >= 4 is 0 Å². The Morgan fingerprint density at radius 2 is 1.68 bits per heavy atom. The van der Waals surface area contributed by atoms with Gasteiger partial charge in [-0.15, -0.1) is 0 Å². The van der Waals surface area contributed by atoms with Crippen LogP contribution in [0.15, 0.2) is 30.3 Å². The average Bonchev–Trinajstić information content (AvgIpc) is 2.45. The van der Waals surface area contributed by atoms with Gasteiger partial charge in [-0.1, -0.05) is 0 Å². The number of rotatable bonds is 1. The molecule has 0 fully saturated rings. The number of ether oxygens (including phenoxy) is 2. The van der Waals surface area contributed by atoms with E-state index in [9.17, 15) is 22.7 Å². The van der Waals surface area contributed by atoms with Crippen LogP contribution >= 0.6 is 0 Å². The summed E-state index contributed by atoms with van der Waals surface area (Å²) in [6.45, 7) is 0.350. The fourth-order valence-electron chi connectivity index (χ4n) is 2.32. The van der Waals surface area contributed by atoms with Crippen molar-refractivity contribution in [1.29, 1.82) is 0 Å². The molecule has 0 spiro atoms. The summed E-state index contributed by atoms with van der Waals surface area (Å²) < 4.78 is 63.8. The summed E-state index contributed by atoms with van der Waals surface area (Å²) in [6.07, 6.45) is -4.71. The summed E-state index contributed by atoms with van der Waals surface area (Å²) in [5.74, 6) is -1.15. The van der Waals surface area contributed by atoms with Gasteiger partial charge < -0.3 is 14.6 Å². The van der Waals surface area contributed by atoms with E-state index in [2.05, 4.69) is 0 Å². The zero-order valence-electron chi connectivity index (χ0n) is 11.1. The van der Waals surface area contributed by atoms with Gasteiger partial charge in [-0.05, 0) is 29.8 Å². The first-order valence-electron chi connectivity index (χ1n) is 6.36. The SMILES string of the molecule is Oc1ccc(-c2cc(F)cc3c2OCCO3)c(C(F)(F)F)c1. The Labute approximate surface area is 122 Å². The summed E-state index contributed by atoms with van der Waals surface area (Å²) in [5.41, 5.74) is -1.43. The van der Waals surface area contributed by atoms with Crippen LogP contribution in [0.3, 0.4) is 0 Å². The summed E-state index contributed by atoms with van der Waals surface area (Å²) in [6, 6.07) is 4.79. The van der Waals surface area contributed by atoms with Crippen LogP contribution in [0, 0.1) is 5.82 Å². The zero-order chi connectivity index (χ0) is 15.9. The van der Waals surface area contributed by atoms with Gasteiger partial charge in [-0.25, -0.2) is 4.39 Å². The van der Waals surface area contributed by atoms with Gasteiger partial charge in [0.05, 0.1) is 5.56 Å². The fraction of sp³-hybridized carbons (Fsp3) is 0.200. The molecule has 0 saturated heterocycles. The molecule has 1 heterocycles. The molecule has 3 nitrogen and oxygen atoms in total. The molecule has 0 aromatic heterocycles. The summed E-state index contributed by atoms with van der Waals surface area (Å²) >= 11 is 0. The monoisotopic (exact) mass is 314 g/mol. The van der Waals surface area contributed by atoms with E-state index in [4.69, 9.17) is 9.47 Å². The number of alkyl halides is 3. The van der Waals surface area contributed by atoms with E-state index in [1.165, 1.54) is 0 Å². The molecular formula is C15H10F4O3. The van der Waals surface area contributed by atoms with E-state index in [1.54, 1.807) is 0 Å². The molecule has 1 aliphatic heterocycles. The lowest BCUT2D eigenvalue weighted by Crippen LogP contribution is -2.16. The third-order valence-electron chi connectivity index (χ3n) is 3.21. The molecule has 2 aromatic carbocycles. The molecule has 0 saturated carbocycles. The highest BCUT2D eigenvalue weighted by atomic mass is 19.4. The van der Waals surface area contributed by atoms with Crippen LogP contribution in [-0.2, 0) is 6.18 Å². The molecular weight excluding hydrogens is 304 g/mol. The average molecular weight is 314 g/mol. The summed E-state index contributed by atoms with van der Waals surface area (Å²) in [4.78, 5) is 0. The Morgan fingerprint density at radius 1 is 0.955 bits per heavy atom. The lowest BCUT2D eigenvalue weighted by molar-refractivity contribution is -0.137. The second-order valence-electron chi connectivity index (χ2n) is 4.71. The van der Waals surface area contributed by atoms with E-state index in [0.717, 1.165) is 24.3 Å². The van der Waals surface area contributed by atoms with Crippen LogP contribution < -0.4 is 9.47 Å². The van der Waals surface area contributed by atoms with Gasteiger partial charge in [0.2, 0.25) is 0 Å². The van der Waals surface area contributed by atoms with Crippen molar-refractivity contribution in [3.63, 3.8) is 0 Å². The van der Waals surface area contributed by atoms with Gasteiger partial charge >= 0.3 is 6.18 Å². The molecule has 1 N–H and O–H groups in total. The van der Waals surface area contributed by atoms with E-state index in [1.807, 2.05) is 0 Å². The first kappa shape index (κ1) is 14.5. The molecule has 0 aliphatic carbocycles. The third kappa shape index (κ3) is 2.54. The quantitative estimate of drug-likeness (QED) is 0.809. The molecule has 1 aliphatic rings. The molecule has 0 amide bonds. The zero-order valence-corrected chi connectivity index (χ0v) is 11.1. The van der Waals surface area contributed by atoms with Gasteiger partial charge in [-0.2, -0.15) is 13.2 Å². The first-order valence-corrected chi connectivity index (χ1v) is 6.36. The van der Waals surface area contributed by atoms with Crippen LogP contribution in [-0.4, -0.2) is 18.3 Å². The van der Waals surface area contributed by atoms with Crippen molar-refractivity contribution in [3.8, 4) is 28.4 Å². The molecule has 116 valence electrons. The Morgan fingerprint density at radius 3 is 2.41 bits per heavy atom. The molecule has 3 rings (SSSR count). The predicted octanol–water partition coefficient (Wildman–Crippen LogP) is 3.99. The van der Waals surface area contributed by atoms with Crippen LogP contribution in [0.2, 0.25) is 0 Å². The summed E-state index contributed by atoms with van der Waals surface area (Å²) in [7, 11) is 0. The van der Waals surface area contributed by atoms with Crippen LogP contribution in [0.25, 0.3) is 11.1 Å². The van der Waals surface area contributed by atoms with Gasteiger partial charge in [0, 0.05) is 11.6 Å². The van der Waals surface area contributed by atoms with E-state index in [0.29, 0.717) is 6.07 Å². The lowest BCUT2D eigenvalue weighted by Gasteiger charge is -2.22. The van der Waals surface area contributed by atoms with E-state index in [-0.39, 0.29) is 35.8 Å². The van der Waals surface area contributed by atoms with Crippen molar-refractivity contribution in [1.82, 2.24) is 0 Å². The van der Waals surface area contributed by atoms with Crippen molar-refractivity contribution in [2.75, 3.05) is 13.2 Å². The highest BCUT2D eigenvalue weighted by Crippen LogP contribution is 2.46. The van der Waals surface area contributed by atoms with Crippen molar-refractivity contribution in [3.05, 3.63) is 41.7 Å². The Hall–Kier alpha value is -2.44. The number of aromatic hydroxyl groups is 1. The number of hydrogen-bond donors (Lipinski definition) is 1. The fourth-order valence-corrected chi connectivity index (χ4v) is 2.32. The first-order chi connectivity index (χ1) is 10.4. The van der Waals surface area contributed by atoms with Gasteiger partial charge in [0.1, 0.15) is 24.8 Å². The van der Waals surface area contributed by atoms with Crippen molar-refractivity contribution in [2.45, 2.75) is 6.18 Å². The highest BCUT2D eigenvalue weighted by molar-refractivity contribution is 5.77. The van der Waals surface area contributed by atoms with Gasteiger partial charge in [0.15, 0.2) is 11.5 Å². The largest absolute Gasteiger partial charge is 0.508 e. The van der Waals surface area contributed by atoms with Gasteiger partial charge in [0.25, 0.3) is 0 Å². The topological polar surface area (TPSA) is 38.7 Å². The third-order valence-corrected chi connectivity index (χ3v) is 3.21. The lowest BCUT2D eigenvalue weighted by atomic mass is 9.97. The Bertz CT molecular complexity index is 725. The Balaban J connectivity index is 2.26. The highest BCUT2D eigenvalue weighted by Gasteiger charge is 2.35. The minimum atomic E-state index is -4.71. The molecule has 0 bridgehead atoms. The minimum absolute atomic E-state index is 0.0578. The van der Waals surface area contributed by atoms with E-state index >= 15 is 0 Å². The smallest absolute Gasteiger partial charge is 0.417 e. The van der Waals surface area contributed by atoms with Crippen LogP contribution in [0.4, 0.5) is 17.6 Å². The number of benzene rings is 2. The maximum Gasteiger partial charge on any atom is 0.417 e. The second-order valence-corrected chi connectivity index (χ2v) is 4.71. The minimum Gasteiger partial charge on any atom is -0.508 e. The maximum absolute atomic E-state index is 13.7.